The van der Waals surface area contributed by atoms with Crippen LogP contribution in [0, 0.1) is 34.5 Å². The van der Waals surface area contributed by atoms with Crippen molar-refractivity contribution in [3.63, 3.8) is 0 Å². The third kappa shape index (κ3) is 9.24. The van der Waals surface area contributed by atoms with Crippen molar-refractivity contribution in [3.05, 3.63) is 42.7 Å². The van der Waals surface area contributed by atoms with Gasteiger partial charge < -0.3 is 4.90 Å². The van der Waals surface area contributed by atoms with E-state index in [1.807, 2.05) is 18.3 Å². The first kappa shape index (κ1) is 37.3. The van der Waals surface area contributed by atoms with Crippen molar-refractivity contribution < 1.29 is 24.0 Å². The molecule has 2 saturated heterocycles. The lowest BCUT2D eigenvalue weighted by molar-refractivity contribution is -0.145. The van der Waals surface area contributed by atoms with Gasteiger partial charge in [-0.05, 0) is 73.3 Å². The Morgan fingerprint density at radius 3 is 2.29 bits per heavy atom. The number of ketones is 4. The highest BCUT2D eigenvalue weighted by Crippen LogP contribution is 2.65. The van der Waals surface area contributed by atoms with Gasteiger partial charge in [0.2, 0.25) is 11.7 Å². The zero-order valence-corrected chi connectivity index (χ0v) is 30.3. The first-order chi connectivity index (χ1) is 23.6. The Labute approximate surface area is 294 Å². The van der Waals surface area contributed by atoms with Crippen LogP contribution in [0.15, 0.2) is 37.1 Å². The number of carbonyl (C=O) groups excluding carboxylic acids is 5. The Kier molecular flexibility index (Phi) is 12.8. The second-order valence-corrected chi connectivity index (χ2v) is 16.6. The molecule has 2 aliphatic heterocycles. The molecule has 1 amide bonds. The molecule has 4 aliphatic rings. The standard InChI is InChI=1S/C42H60N2O5/c1-4-5-21-35(46)39(48)30-18-12-9-7-6-8-10-13-19-31(40(49)44-29-34-37(41(34,2)3)38(44)36(47)26-30)25-33(45)28-42(22-15-11-16-23-42)27-32-20-14-17-24-43-32/h4,14,17,20,24,30-31,34,37-38H,1,5-13,15-16,18-19,21-23,25-29H2,2-3H3/t30-,31-,34+,37+,38-/m1/s1. The predicted octanol–water partition coefficient (Wildman–Crippen LogP) is 8.23. The monoisotopic (exact) mass is 672 g/mol. The zero-order valence-electron chi connectivity index (χ0n) is 30.3. The average molecular weight is 673 g/mol. The summed E-state index contributed by atoms with van der Waals surface area (Å²) in [4.78, 5) is 75.5. The summed E-state index contributed by atoms with van der Waals surface area (Å²) in [6.07, 6.45) is 19.0. The Bertz CT molecular complexity index is 1350. The van der Waals surface area contributed by atoms with Gasteiger partial charge in [0.1, 0.15) is 5.78 Å². The molecule has 5 atom stereocenters. The van der Waals surface area contributed by atoms with Crippen molar-refractivity contribution in [1.82, 2.24) is 9.88 Å². The molecule has 4 fully saturated rings. The number of aromatic nitrogens is 1. The Morgan fingerprint density at radius 2 is 1.61 bits per heavy atom. The Morgan fingerprint density at radius 1 is 0.939 bits per heavy atom. The highest BCUT2D eigenvalue weighted by molar-refractivity contribution is 6.38. The van der Waals surface area contributed by atoms with Crippen molar-refractivity contribution in [3.8, 4) is 0 Å². The van der Waals surface area contributed by atoms with Crippen molar-refractivity contribution in [2.24, 2.45) is 34.5 Å². The molecule has 49 heavy (non-hydrogen) atoms. The van der Waals surface area contributed by atoms with E-state index in [1.165, 1.54) is 6.42 Å². The number of hydrogen-bond donors (Lipinski definition) is 0. The van der Waals surface area contributed by atoms with Crippen molar-refractivity contribution in [2.75, 3.05) is 6.54 Å². The number of amides is 1. The van der Waals surface area contributed by atoms with E-state index in [1.54, 1.807) is 11.0 Å². The van der Waals surface area contributed by atoms with E-state index >= 15 is 0 Å². The van der Waals surface area contributed by atoms with Crippen LogP contribution in [0.5, 0.6) is 0 Å². The molecular formula is C42H60N2O5. The number of nitrogens with zero attached hydrogens (tertiary/aromatic N) is 2. The van der Waals surface area contributed by atoms with Gasteiger partial charge in [0.05, 0.1) is 6.04 Å². The fourth-order valence-corrected chi connectivity index (χ4v) is 9.74. The van der Waals surface area contributed by atoms with E-state index in [9.17, 15) is 24.0 Å². The first-order valence-corrected chi connectivity index (χ1v) is 19.5. The minimum Gasteiger partial charge on any atom is -0.332 e. The van der Waals surface area contributed by atoms with E-state index < -0.39 is 29.4 Å². The molecule has 0 bridgehead atoms. The molecule has 2 saturated carbocycles. The van der Waals surface area contributed by atoms with Crippen LogP contribution in [-0.2, 0) is 30.4 Å². The van der Waals surface area contributed by atoms with Crippen LogP contribution in [0.3, 0.4) is 0 Å². The van der Waals surface area contributed by atoms with Gasteiger partial charge >= 0.3 is 0 Å². The van der Waals surface area contributed by atoms with Gasteiger partial charge in [-0.2, -0.15) is 0 Å². The number of piperidine rings is 1. The lowest BCUT2D eigenvalue weighted by Crippen LogP contribution is -2.48. The molecule has 1 aromatic heterocycles. The molecule has 0 unspecified atom stereocenters. The van der Waals surface area contributed by atoms with Gasteiger partial charge in [0.15, 0.2) is 11.6 Å². The lowest BCUT2D eigenvalue weighted by atomic mass is 9.67. The highest BCUT2D eigenvalue weighted by Gasteiger charge is 2.69. The molecule has 7 nitrogen and oxygen atoms in total. The molecule has 7 heteroatoms. The maximum absolute atomic E-state index is 14.6. The number of hydrogen-bond acceptors (Lipinski definition) is 6. The fourth-order valence-electron chi connectivity index (χ4n) is 9.74. The molecule has 3 heterocycles. The van der Waals surface area contributed by atoms with Crippen LogP contribution in [0.4, 0.5) is 0 Å². The number of Topliss-reactive ketones (excluding diaryl/α,β-unsaturated/α-hetero) is 4. The van der Waals surface area contributed by atoms with Crippen LogP contribution in [0.1, 0.15) is 142 Å². The summed E-state index contributed by atoms with van der Waals surface area (Å²) in [7, 11) is 0. The molecule has 2 aliphatic carbocycles. The van der Waals surface area contributed by atoms with Crippen molar-refractivity contribution in [1.29, 1.82) is 0 Å². The second-order valence-electron chi connectivity index (χ2n) is 16.6. The Hall–Kier alpha value is -2.96. The van der Waals surface area contributed by atoms with Gasteiger partial charge in [-0.3, -0.25) is 29.0 Å². The smallest absolute Gasteiger partial charge is 0.226 e. The average Bonchev–Trinajstić information content (AvgIpc) is 3.38. The van der Waals surface area contributed by atoms with Gasteiger partial charge in [0, 0.05) is 56.0 Å². The minimum absolute atomic E-state index is 0.00600. The maximum Gasteiger partial charge on any atom is 0.226 e. The van der Waals surface area contributed by atoms with E-state index in [4.69, 9.17) is 0 Å². The largest absolute Gasteiger partial charge is 0.332 e. The molecule has 0 radical (unpaired) electrons. The number of allylic oxidation sites excluding steroid dienone is 1. The highest BCUT2D eigenvalue weighted by atomic mass is 16.2. The van der Waals surface area contributed by atoms with Crippen LogP contribution in [0.2, 0.25) is 0 Å². The summed E-state index contributed by atoms with van der Waals surface area (Å²) >= 11 is 0. The number of rotatable bonds is 11. The third-order valence-corrected chi connectivity index (χ3v) is 12.7. The van der Waals surface area contributed by atoms with Crippen LogP contribution in [0.25, 0.3) is 0 Å². The topological polar surface area (TPSA) is 101 Å². The van der Waals surface area contributed by atoms with Gasteiger partial charge in [-0.1, -0.05) is 90.2 Å². The van der Waals surface area contributed by atoms with E-state index in [2.05, 4.69) is 31.5 Å². The van der Waals surface area contributed by atoms with Gasteiger partial charge in [0.25, 0.3) is 0 Å². The summed E-state index contributed by atoms with van der Waals surface area (Å²) in [6, 6.07) is 5.40. The van der Waals surface area contributed by atoms with Gasteiger partial charge in [-0.25, -0.2) is 0 Å². The SMILES string of the molecule is C=CCCC(=O)C(=O)[C@@H]1CCCCCCCCC[C@H](CC(=O)CC2(Cc3ccccn3)CCCCC2)C(=O)N2C[C@H]3[C@@H]([C@H]2C(=O)C1)C3(C)C. The van der Waals surface area contributed by atoms with E-state index in [-0.39, 0.29) is 59.4 Å². The molecule has 0 aromatic carbocycles. The predicted molar refractivity (Wildman–Crippen MR) is 192 cm³/mol. The number of pyridine rings is 1. The summed E-state index contributed by atoms with van der Waals surface area (Å²) in [5, 5.41) is 0. The van der Waals surface area contributed by atoms with Crippen LogP contribution >= 0.6 is 0 Å². The van der Waals surface area contributed by atoms with E-state index in [0.717, 1.165) is 82.7 Å². The summed E-state index contributed by atoms with van der Waals surface area (Å²) in [5.74, 6) is -1.65. The van der Waals surface area contributed by atoms with E-state index in [0.29, 0.717) is 32.2 Å². The summed E-state index contributed by atoms with van der Waals surface area (Å²) in [5.41, 5.74) is 0.854. The molecular weight excluding hydrogens is 612 g/mol. The van der Waals surface area contributed by atoms with Gasteiger partial charge in [-0.15, -0.1) is 6.58 Å². The molecule has 5 rings (SSSR count). The normalized spacial score (nSPS) is 29.0. The zero-order chi connectivity index (χ0) is 35.0. The molecule has 1 aromatic rings. The lowest BCUT2D eigenvalue weighted by Gasteiger charge is -2.37. The minimum atomic E-state index is -0.640. The second kappa shape index (κ2) is 16.8. The molecule has 0 N–H and O–H groups in total. The van der Waals surface area contributed by atoms with Crippen molar-refractivity contribution in [2.45, 2.75) is 148 Å². The first-order valence-electron chi connectivity index (χ1n) is 19.5. The fraction of sp³-hybridized carbons (Fsp3) is 0.714. The van der Waals surface area contributed by atoms with Crippen LogP contribution in [-0.4, -0.2) is 51.5 Å². The van der Waals surface area contributed by atoms with Crippen LogP contribution < -0.4 is 0 Å². The quantitative estimate of drug-likeness (QED) is 0.173. The number of carbonyl (C=O) groups is 5. The Balaban J connectivity index is 1.35. The molecule has 0 spiro atoms. The van der Waals surface area contributed by atoms with Crippen molar-refractivity contribution >= 4 is 29.0 Å². The third-order valence-electron chi connectivity index (χ3n) is 12.7. The summed E-state index contributed by atoms with van der Waals surface area (Å²) in [6.45, 7) is 8.55. The summed E-state index contributed by atoms with van der Waals surface area (Å²) < 4.78 is 0. The maximum atomic E-state index is 14.6. The number of fused-ring (bicyclic) bond motifs is 3. The molecule has 268 valence electrons.